The van der Waals surface area contributed by atoms with E-state index in [9.17, 15) is 8.42 Å². The molecule has 1 saturated carbocycles. The van der Waals surface area contributed by atoms with E-state index in [4.69, 9.17) is 5.11 Å². The maximum absolute atomic E-state index is 12.2. The van der Waals surface area contributed by atoms with Gasteiger partial charge in [0.05, 0.1) is 0 Å². The minimum atomic E-state index is -3.31. The molecule has 5 nitrogen and oxygen atoms in total. The van der Waals surface area contributed by atoms with Crippen LogP contribution in [0.5, 0.6) is 0 Å². The van der Waals surface area contributed by atoms with Crippen LogP contribution in [0.25, 0.3) is 0 Å². The Morgan fingerprint density at radius 2 is 1.67 bits per heavy atom. The summed E-state index contributed by atoms with van der Waals surface area (Å²) in [5, 5.41) is 9.06. The van der Waals surface area contributed by atoms with E-state index in [0.29, 0.717) is 13.1 Å². The minimum Gasteiger partial charge on any atom is -0.396 e. The molecule has 0 amide bonds. The quantitative estimate of drug-likeness (QED) is 0.800. The van der Waals surface area contributed by atoms with Gasteiger partial charge in [0.1, 0.15) is 0 Å². The van der Waals surface area contributed by atoms with Gasteiger partial charge in [-0.25, -0.2) is 0 Å². The molecule has 6 heteroatoms. The normalized spacial score (nSPS) is 25.4. The summed E-state index contributed by atoms with van der Waals surface area (Å²) >= 11 is 0. The van der Waals surface area contributed by atoms with Gasteiger partial charge in [-0.05, 0) is 31.6 Å². The van der Waals surface area contributed by atoms with Crippen LogP contribution in [0, 0.1) is 5.92 Å². The maximum atomic E-state index is 12.2. The Bertz CT molecular complexity index is 344. The van der Waals surface area contributed by atoms with Gasteiger partial charge in [-0.2, -0.15) is 17.4 Å². The Balaban J connectivity index is 1.86. The number of aliphatic hydroxyl groups is 1. The van der Waals surface area contributed by atoms with E-state index >= 15 is 0 Å². The number of rotatable bonds is 4. The van der Waals surface area contributed by atoms with Gasteiger partial charge in [0, 0.05) is 25.7 Å². The van der Waals surface area contributed by atoms with E-state index in [-0.39, 0.29) is 18.6 Å². The smallest absolute Gasteiger partial charge is 0.279 e. The summed E-state index contributed by atoms with van der Waals surface area (Å²) in [6.07, 6.45) is 6.93. The number of hydrogen-bond acceptors (Lipinski definition) is 3. The average molecular weight is 276 g/mol. The molecule has 0 unspecified atom stereocenters. The van der Waals surface area contributed by atoms with Crippen LogP contribution in [0.15, 0.2) is 0 Å². The van der Waals surface area contributed by atoms with Crippen molar-refractivity contribution >= 4 is 10.2 Å². The fourth-order valence-electron chi connectivity index (χ4n) is 2.84. The molecule has 2 fully saturated rings. The molecule has 0 aromatic heterocycles. The molecule has 0 aromatic carbocycles. The number of nitrogens with one attached hydrogen (secondary N) is 1. The second kappa shape index (κ2) is 6.32. The molecule has 2 N–H and O–H groups in total. The summed E-state index contributed by atoms with van der Waals surface area (Å²) in [7, 11) is -3.31. The number of piperidine rings is 1. The molecule has 1 heterocycles. The Morgan fingerprint density at radius 3 is 2.22 bits per heavy atom. The number of hydrogen-bond donors (Lipinski definition) is 2. The molecule has 106 valence electrons. The molecule has 18 heavy (non-hydrogen) atoms. The van der Waals surface area contributed by atoms with Crippen LogP contribution in [0.2, 0.25) is 0 Å². The highest BCUT2D eigenvalue weighted by atomic mass is 32.2. The Kier molecular flexibility index (Phi) is 5.00. The summed E-state index contributed by atoms with van der Waals surface area (Å²) in [4.78, 5) is 0. The van der Waals surface area contributed by atoms with E-state index < -0.39 is 10.2 Å². The highest BCUT2D eigenvalue weighted by Gasteiger charge is 2.29. The largest absolute Gasteiger partial charge is 0.396 e. The van der Waals surface area contributed by atoms with Crippen molar-refractivity contribution in [3.8, 4) is 0 Å². The second-order valence-corrected chi connectivity index (χ2v) is 7.19. The molecule has 0 aromatic rings. The van der Waals surface area contributed by atoms with Gasteiger partial charge in [0.25, 0.3) is 10.2 Å². The van der Waals surface area contributed by atoms with Gasteiger partial charge in [0.15, 0.2) is 0 Å². The predicted molar refractivity (Wildman–Crippen MR) is 70.3 cm³/mol. The Morgan fingerprint density at radius 1 is 1.06 bits per heavy atom. The van der Waals surface area contributed by atoms with Crippen molar-refractivity contribution in [2.75, 3.05) is 19.7 Å². The zero-order chi connectivity index (χ0) is 13.0. The van der Waals surface area contributed by atoms with Crippen LogP contribution >= 0.6 is 0 Å². The minimum absolute atomic E-state index is 0.124. The van der Waals surface area contributed by atoms with Gasteiger partial charge in [0.2, 0.25) is 0 Å². The SMILES string of the molecule is O=S(=O)(NC1CCCCC1)N1CCC(CO)CC1. The van der Waals surface area contributed by atoms with Gasteiger partial charge in [-0.3, -0.25) is 0 Å². The summed E-state index contributed by atoms with van der Waals surface area (Å²) < 4.78 is 28.8. The first-order chi connectivity index (χ1) is 8.62. The van der Waals surface area contributed by atoms with Crippen LogP contribution in [-0.2, 0) is 10.2 Å². The number of aliphatic hydroxyl groups excluding tert-OH is 1. The first-order valence-corrected chi connectivity index (χ1v) is 8.44. The summed E-state index contributed by atoms with van der Waals surface area (Å²) in [5.74, 6) is 0.270. The highest BCUT2D eigenvalue weighted by molar-refractivity contribution is 7.87. The molecule has 0 bridgehead atoms. The fourth-order valence-corrected chi connectivity index (χ4v) is 4.34. The third-order valence-corrected chi connectivity index (χ3v) is 5.77. The molecule has 1 saturated heterocycles. The first kappa shape index (κ1) is 14.2. The van der Waals surface area contributed by atoms with Crippen molar-refractivity contribution in [1.82, 2.24) is 9.03 Å². The average Bonchev–Trinajstić information content (AvgIpc) is 2.39. The molecule has 2 aliphatic rings. The molecule has 0 atom stereocenters. The lowest BCUT2D eigenvalue weighted by atomic mass is 9.96. The van der Waals surface area contributed by atoms with Crippen molar-refractivity contribution in [3.63, 3.8) is 0 Å². The van der Waals surface area contributed by atoms with Crippen molar-refractivity contribution in [2.45, 2.75) is 51.0 Å². The summed E-state index contributed by atoms with van der Waals surface area (Å²) in [6.45, 7) is 1.24. The lowest BCUT2D eigenvalue weighted by Gasteiger charge is -2.32. The standard InChI is InChI=1S/C12H24N2O3S/c15-10-11-6-8-14(9-7-11)18(16,17)13-12-4-2-1-3-5-12/h11-13,15H,1-10H2. The van der Waals surface area contributed by atoms with Crippen molar-refractivity contribution < 1.29 is 13.5 Å². The van der Waals surface area contributed by atoms with Crippen molar-refractivity contribution in [2.24, 2.45) is 5.92 Å². The fraction of sp³-hybridized carbons (Fsp3) is 1.00. The molecule has 0 radical (unpaired) electrons. The lowest BCUT2D eigenvalue weighted by molar-refractivity contribution is 0.169. The Labute approximate surface area is 110 Å². The molecule has 2 rings (SSSR count). The third-order valence-electron chi connectivity index (χ3n) is 4.09. The Hall–Kier alpha value is -0.170. The van der Waals surface area contributed by atoms with Gasteiger partial charge >= 0.3 is 0 Å². The van der Waals surface area contributed by atoms with Gasteiger partial charge in [-0.1, -0.05) is 19.3 Å². The zero-order valence-corrected chi connectivity index (χ0v) is 11.7. The van der Waals surface area contributed by atoms with E-state index in [1.54, 1.807) is 0 Å². The maximum Gasteiger partial charge on any atom is 0.279 e. The van der Waals surface area contributed by atoms with Crippen molar-refractivity contribution in [3.05, 3.63) is 0 Å². The molecular weight excluding hydrogens is 252 g/mol. The predicted octanol–water partition coefficient (Wildman–Crippen LogP) is 0.858. The van der Waals surface area contributed by atoms with E-state index in [2.05, 4.69) is 4.72 Å². The van der Waals surface area contributed by atoms with Crippen LogP contribution in [-0.4, -0.2) is 43.6 Å². The second-order valence-electron chi connectivity index (χ2n) is 5.48. The van der Waals surface area contributed by atoms with Crippen LogP contribution in [0.4, 0.5) is 0 Å². The molecule has 1 aliphatic heterocycles. The van der Waals surface area contributed by atoms with Crippen LogP contribution < -0.4 is 4.72 Å². The van der Waals surface area contributed by atoms with Crippen LogP contribution in [0.1, 0.15) is 44.9 Å². The lowest BCUT2D eigenvalue weighted by Crippen LogP contribution is -2.48. The van der Waals surface area contributed by atoms with Crippen LogP contribution in [0.3, 0.4) is 0 Å². The van der Waals surface area contributed by atoms with E-state index in [1.807, 2.05) is 0 Å². The monoisotopic (exact) mass is 276 g/mol. The zero-order valence-electron chi connectivity index (χ0n) is 10.8. The van der Waals surface area contributed by atoms with Gasteiger partial charge in [-0.15, -0.1) is 0 Å². The third kappa shape index (κ3) is 3.66. The van der Waals surface area contributed by atoms with E-state index in [1.165, 1.54) is 10.7 Å². The summed E-state index contributed by atoms with van der Waals surface area (Å²) in [6, 6.07) is 0.124. The van der Waals surface area contributed by atoms with Crippen molar-refractivity contribution in [1.29, 1.82) is 0 Å². The van der Waals surface area contributed by atoms with E-state index in [0.717, 1.165) is 38.5 Å². The molecule has 0 spiro atoms. The van der Waals surface area contributed by atoms with Gasteiger partial charge < -0.3 is 5.11 Å². The molecular formula is C12H24N2O3S. The first-order valence-electron chi connectivity index (χ1n) is 7.00. The molecule has 1 aliphatic carbocycles. The number of nitrogens with zero attached hydrogens (tertiary/aromatic N) is 1. The topological polar surface area (TPSA) is 69.6 Å². The summed E-state index contributed by atoms with van der Waals surface area (Å²) in [5.41, 5.74) is 0. The highest BCUT2D eigenvalue weighted by Crippen LogP contribution is 2.21.